The van der Waals surface area contributed by atoms with E-state index in [9.17, 15) is 4.79 Å². The second-order valence-corrected chi connectivity index (χ2v) is 7.78. The first-order chi connectivity index (χ1) is 12.7. The molecule has 0 saturated heterocycles. The number of carbonyl (C=O) groups excluding carboxylic acids is 1. The van der Waals surface area contributed by atoms with Gasteiger partial charge >= 0.3 is 0 Å². The fraction of sp³-hybridized carbons (Fsp3) is 0.955. The molecule has 5 N–H and O–H groups in total. The summed E-state index contributed by atoms with van der Waals surface area (Å²) in [4.78, 5) is 11.8. The quantitative estimate of drug-likeness (QED) is 0.185. The van der Waals surface area contributed by atoms with E-state index in [1.807, 2.05) is 0 Å². The Balaban J connectivity index is 0. The average molecular weight is 435 g/mol. The summed E-state index contributed by atoms with van der Waals surface area (Å²) in [7, 11) is 0. The first-order valence-corrected chi connectivity index (χ1v) is 11.5. The van der Waals surface area contributed by atoms with Crippen LogP contribution in [0.5, 0.6) is 0 Å². The molecule has 1 atom stereocenters. The van der Waals surface area contributed by atoms with Crippen LogP contribution >= 0.6 is 0 Å². The van der Waals surface area contributed by atoms with Crippen molar-refractivity contribution >= 4 is 5.91 Å². The zero-order chi connectivity index (χ0) is 19.3. The van der Waals surface area contributed by atoms with Gasteiger partial charge in [-0.1, -0.05) is 96.8 Å². The van der Waals surface area contributed by atoms with Crippen LogP contribution in [0.3, 0.4) is 0 Å². The topological polar surface area (TPSA) is 81.1 Å². The number of hydrogen-bond donors (Lipinski definition) is 3. The summed E-state index contributed by atoms with van der Waals surface area (Å²) < 4.78 is 0. The van der Waals surface area contributed by atoms with Gasteiger partial charge in [-0.2, -0.15) is 0 Å². The van der Waals surface area contributed by atoms with Crippen molar-refractivity contribution in [1.82, 2.24) is 5.32 Å². The summed E-state index contributed by atoms with van der Waals surface area (Å²) in [5, 5.41) is 2.96. The van der Waals surface area contributed by atoms with Gasteiger partial charge in [-0.15, -0.1) is 0 Å². The van der Waals surface area contributed by atoms with E-state index in [4.69, 9.17) is 11.5 Å². The number of carbonyl (C=O) groups is 1. The van der Waals surface area contributed by atoms with Crippen LogP contribution in [-0.4, -0.2) is 25.0 Å². The molecule has 0 unspecified atom stereocenters. The molecular formula is C22H47N3OZn. The van der Waals surface area contributed by atoms with E-state index in [1.165, 1.54) is 83.5 Å². The number of hydrogen-bond acceptors (Lipinski definition) is 3. The van der Waals surface area contributed by atoms with E-state index >= 15 is 0 Å². The summed E-state index contributed by atoms with van der Waals surface area (Å²) in [6.07, 6.45) is 21.6. The number of nitrogens with two attached hydrogens (primary N) is 2. The predicted molar refractivity (Wildman–Crippen MR) is 114 cm³/mol. The third-order valence-electron chi connectivity index (χ3n) is 5.14. The van der Waals surface area contributed by atoms with Crippen molar-refractivity contribution in [2.45, 2.75) is 122 Å². The van der Waals surface area contributed by atoms with Crippen LogP contribution in [0.2, 0.25) is 0 Å². The average Bonchev–Trinajstić information content (AvgIpc) is 2.64. The Kier molecular flexibility index (Phi) is 26.0. The van der Waals surface area contributed by atoms with Gasteiger partial charge in [0, 0.05) is 26.0 Å². The van der Waals surface area contributed by atoms with Gasteiger partial charge in [-0.05, 0) is 25.8 Å². The minimum absolute atomic E-state index is 0. The molecule has 0 rings (SSSR count). The van der Waals surface area contributed by atoms with Crippen LogP contribution in [-0.2, 0) is 24.3 Å². The summed E-state index contributed by atoms with van der Waals surface area (Å²) in [5.41, 5.74) is 11.3. The van der Waals surface area contributed by atoms with E-state index in [1.54, 1.807) is 0 Å². The smallest absolute Gasteiger partial charge is 0.236 e. The van der Waals surface area contributed by atoms with E-state index < -0.39 is 0 Å². The van der Waals surface area contributed by atoms with Crippen LogP contribution in [0.1, 0.15) is 116 Å². The molecule has 0 aromatic heterocycles. The van der Waals surface area contributed by atoms with Gasteiger partial charge in [0.15, 0.2) is 0 Å². The fourth-order valence-electron chi connectivity index (χ4n) is 3.30. The van der Waals surface area contributed by atoms with Gasteiger partial charge in [-0.25, -0.2) is 0 Å². The van der Waals surface area contributed by atoms with Gasteiger partial charge < -0.3 is 16.8 Å². The SMILES string of the molecule is CCCCCCCCCCCCCCCCNC(=O)[C@@H](N)CCCCN.[Zn]. The van der Waals surface area contributed by atoms with Crippen molar-refractivity contribution in [3.05, 3.63) is 0 Å². The Morgan fingerprint density at radius 2 is 1.19 bits per heavy atom. The predicted octanol–water partition coefficient (Wildman–Crippen LogP) is 5.04. The van der Waals surface area contributed by atoms with Crippen molar-refractivity contribution in [2.75, 3.05) is 13.1 Å². The molecule has 4 nitrogen and oxygen atoms in total. The normalized spacial score (nSPS) is 11.8. The zero-order valence-electron chi connectivity index (χ0n) is 18.3. The second-order valence-electron chi connectivity index (χ2n) is 7.78. The Hall–Kier alpha value is 0.0134. The summed E-state index contributed by atoms with van der Waals surface area (Å²) in [6, 6.07) is -0.367. The molecule has 0 heterocycles. The van der Waals surface area contributed by atoms with Crippen LogP contribution in [0.4, 0.5) is 0 Å². The van der Waals surface area contributed by atoms with Gasteiger partial charge in [0.1, 0.15) is 0 Å². The zero-order valence-corrected chi connectivity index (χ0v) is 21.2. The summed E-state index contributed by atoms with van der Waals surface area (Å²) in [5.74, 6) is -0.00304. The second kappa shape index (κ2) is 24.1. The van der Waals surface area contributed by atoms with Crippen molar-refractivity contribution in [1.29, 1.82) is 0 Å². The van der Waals surface area contributed by atoms with Crippen molar-refractivity contribution < 1.29 is 24.3 Å². The molecule has 0 aliphatic carbocycles. The maximum absolute atomic E-state index is 11.8. The minimum atomic E-state index is -0.367. The maximum atomic E-state index is 11.8. The molecule has 5 heteroatoms. The first-order valence-electron chi connectivity index (χ1n) is 11.5. The molecule has 0 radical (unpaired) electrons. The van der Waals surface area contributed by atoms with Crippen LogP contribution < -0.4 is 16.8 Å². The van der Waals surface area contributed by atoms with E-state index in [0.717, 1.165) is 32.2 Å². The van der Waals surface area contributed by atoms with E-state index in [2.05, 4.69) is 12.2 Å². The fourth-order valence-corrected chi connectivity index (χ4v) is 3.30. The molecule has 158 valence electrons. The molecule has 0 fully saturated rings. The molecular weight excluding hydrogens is 388 g/mol. The number of unbranched alkanes of at least 4 members (excludes halogenated alkanes) is 14. The van der Waals surface area contributed by atoms with Crippen molar-refractivity contribution in [2.24, 2.45) is 11.5 Å². The molecule has 1 amide bonds. The molecule has 0 aromatic rings. The Morgan fingerprint density at radius 3 is 1.63 bits per heavy atom. The Bertz CT molecular complexity index is 303. The molecule has 0 aliphatic heterocycles. The number of rotatable bonds is 20. The van der Waals surface area contributed by atoms with Crippen molar-refractivity contribution in [3.63, 3.8) is 0 Å². The van der Waals surface area contributed by atoms with Gasteiger partial charge in [-0.3, -0.25) is 4.79 Å². The minimum Gasteiger partial charge on any atom is -0.355 e. The summed E-state index contributed by atoms with van der Waals surface area (Å²) in [6.45, 7) is 3.71. The van der Waals surface area contributed by atoms with Gasteiger partial charge in [0.2, 0.25) is 5.91 Å². The van der Waals surface area contributed by atoms with Crippen molar-refractivity contribution in [3.8, 4) is 0 Å². The number of amides is 1. The third-order valence-corrected chi connectivity index (χ3v) is 5.14. The van der Waals surface area contributed by atoms with E-state index in [0.29, 0.717) is 6.54 Å². The molecule has 0 aromatic carbocycles. The monoisotopic (exact) mass is 433 g/mol. The summed E-state index contributed by atoms with van der Waals surface area (Å²) >= 11 is 0. The molecule has 0 spiro atoms. The molecule has 0 bridgehead atoms. The molecule has 0 aliphatic rings. The van der Waals surface area contributed by atoms with Crippen LogP contribution in [0, 0.1) is 0 Å². The third kappa shape index (κ3) is 22.2. The van der Waals surface area contributed by atoms with Gasteiger partial charge in [0.05, 0.1) is 6.04 Å². The Labute approximate surface area is 182 Å². The van der Waals surface area contributed by atoms with E-state index in [-0.39, 0.29) is 31.4 Å². The Morgan fingerprint density at radius 1 is 0.741 bits per heavy atom. The largest absolute Gasteiger partial charge is 0.355 e. The standard InChI is InChI=1S/C22H47N3O.Zn/c1-2-3-4-5-6-7-8-9-10-11-12-13-14-17-20-25-22(26)21(24)18-15-16-19-23;/h21H,2-20,23-24H2,1H3,(H,25,26);/t21-;/m0./s1. The molecule has 0 saturated carbocycles. The number of nitrogens with one attached hydrogen (secondary N) is 1. The molecule has 27 heavy (non-hydrogen) atoms. The first kappa shape index (κ1) is 29.2. The van der Waals surface area contributed by atoms with Crippen LogP contribution in [0.15, 0.2) is 0 Å². The van der Waals surface area contributed by atoms with Gasteiger partial charge in [0.25, 0.3) is 0 Å². The van der Waals surface area contributed by atoms with Crippen LogP contribution in [0.25, 0.3) is 0 Å². The maximum Gasteiger partial charge on any atom is 0.236 e.